The van der Waals surface area contributed by atoms with Gasteiger partial charge in [0.15, 0.2) is 7.05 Å². The number of aromatic nitrogens is 3. The van der Waals surface area contributed by atoms with E-state index in [9.17, 15) is 20.1 Å². The molecule has 0 atom stereocenters. The van der Waals surface area contributed by atoms with E-state index < -0.39 is 5.63 Å². The molecule has 10 nitrogen and oxygen atoms in total. The predicted octanol–water partition coefficient (Wildman–Crippen LogP) is 1.67. The zero-order chi connectivity index (χ0) is 21.8. The molecule has 0 saturated carbocycles. The summed E-state index contributed by atoms with van der Waals surface area (Å²) < 4.78 is 6.83. The number of nitrogens with one attached hydrogen (secondary N) is 2. The molecule has 0 spiro atoms. The largest absolute Gasteiger partial charge is 0.435 e. The Bertz CT molecular complexity index is 1270. The molecule has 150 valence electrons. The number of hydrogen-bond acceptors (Lipinski definition) is 8. The van der Waals surface area contributed by atoms with E-state index in [1.807, 2.05) is 12.1 Å². The van der Waals surface area contributed by atoms with Gasteiger partial charge < -0.3 is 11.1 Å². The Balaban J connectivity index is 1.95. The highest BCUT2D eigenvalue weighted by atomic mass is 79.9. The summed E-state index contributed by atoms with van der Waals surface area (Å²) in [6.07, 6.45) is 0. The summed E-state index contributed by atoms with van der Waals surface area (Å²) in [6, 6.07) is 10.9. The van der Waals surface area contributed by atoms with Crippen LogP contribution >= 0.6 is 27.7 Å². The van der Waals surface area contributed by atoms with E-state index in [1.54, 1.807) is 24.3 Å². The molecule has 0 aliphatic rings. The summed E-state index contributed by atoms with van der Waals surface area (Å²) in [4.78, 5) is 28.5. The van der Waals surface area contributed by atoms with Crippen molar-refractivity contribution in [3.8, 4) is 23.4 Å². The Labute approximate surface area is 182 Å². The van der Waals surface area contributed by atoms with Crippen LogP contribution in [0.4, 0.5) is 11.5 Å². The Morgan fingerprint density at radius 3 is 2.57 bits per heavy atom. The minimum absolute atomic E-state index is 0.000757. The van der Waals surface area contributed by atoms with Crippen molar-refractivity contribution >= 4 is 45.1 Å². The lowest BCUT2D eigenvalue weighted by Gasteiger charge is -2.10. The molecule has 3 rings (SSSR count). The van der Waals surface area contributed by atoms with Gasteiger partial charge in [0.05, 0.1) is 11.3 Å². The maximum absolute atomic E-state index is 12.3. The number of anilines is 2. The molecule has 0 aliphatic carbocycles. The highest BCUT2D eigenvalue weighted by Gasteiger charge is 2.31. The van der Waals surface area contributed by atoms with Crippen molar-refractivity contribution in [2.24, 2.45) is 7.05 Å². The van der Waals surface area contributed by atoms with Crippen LogP contribution < -0.4 is 21.4 Å². The van der Waals surface area contributed by atoms with E-state index in [-0.39, 0.29) is 44.9 Å². The van der Waals surface area contributed by atoms with Crippen molar-refractivity contribution in [1.29, 1.82) is 10.5 Å². The molecule has 2 aromatic heterocycles. The molecule has 1 amide bonds. The third-order valence-corrected chi connectivity index (χ3v) is 5.43. The second-order valence-electron chi connectivity index (χ2n) is 5.88. The van der Waals surface area contributed by atoms with E-state index in [0.717, 1.165) is 16.2 Å². The van der Waals surface area contributed by atoms with Crippen LogP contribution in [0.1, 0.15) is 11.1 Å². The number of nitrogen functional groups attached to an aromatic ring is 1. The normalized spacial score (nSPS) is 10.3. The maximum atomic E-state index is 12.3. The molecule has 2 heterocycles. The second-order valence-corrected chi connectivity index (χ2v) is 7.76. The molecule has 0 saturated heterocycles. The van der Waals surface area contributed by atoms with Crippen molar-refractivity contribution in [2.45, 2.75) is 5.03 Å². The lowest BCUT2D eigenvalue weighted by molar-refractivity contribution is -0.730. The predicted molar refractivity (Wildman–Crippen MR) is 111 cm³/mol. The Morgan fingerprint density at radius 2 is 2.00 bits per heavy atom. The minimum Gasteiger partial charge on any atom is -0.383 e. The minimum atomic E-state index is -0.778. The van der Waals surface area contributed by atoms with Gasteiger partial charge in [-0.1, -0.05) is 32.4 Å². The molecule has 1 aromatic carbocycles. The number of nitrogens with zero attached hydrogens (tertiary/aromatic N) is 4. The molecule has 0 unspecified atom stereocenters. The Morgan fingerprint density at radius 1 is 1.33 bits per heavy atom. The van der Waals surface area contributed by atoms with Gasteiger partial charge in [-0.15, -0.1) is 0 Å². The first-order chi connectivity index (χ1) is 14.3. The van der Waals surface area contributed by atoms with E-state index >= 15 is 0 Å². The van der Waals surface area contributed by atoms with Crippen LogP contribution in [0, 0.1) is 22.7 Å². The van der Waals surface area contributed by atoms with E-state index in [1.165, 1.54) is 11.7 Å². The first-order valence-corrected chi connectivity index (χ1v) is 10.0. The van der Waals surface area contributed by atoms with Gasteiger partial charge in [-0.05, 0) is 29.5 Å². The van der Waals surface area contributed by atoms with Crippen LogP contribution in [-0.2, 0) is 11.8 Å². The van der Waals surface area contributed by atoms with Gasteiger partial charge in [-0.3, -0.25) is 9.32 Å². The topological polar surface area (TPSA) is 165 Å². The average molecular weight is 487 g/mol. The van der Waals surface area contributed by atoms with Crippen molar-refractivity contribution in [3.63, 3.8) is 0 Å². The van der Waals surface area contributed by atoms with Gasteiger partial charge in [-0.2, -0.15) is 10.5 Å². The molecule has 12 heteroatoms. The first-order valence-electron chi connectivity index (χ1n) is 8.25. The van der Waals surface area contributed by atoms with Crippen molar-refractivity contribution in [1.82, 2.24) is 10.3 Å². The number of rotatable bonds is 5. The number of halogens is 1. The summed E-state index contributed by atoms with van der Waals surface area (Å²) in [5.74, 6) is -0.566. The number of carbonyl (C=O) groups is 1. The first kappa shape index (κ1) is 21.1. The molecular weight excluding hydrogens is 474 g/mol. The number of pyridine rings is 1. The van der Waals surface area contributed by atoms with Gasteiger partial charge in [0, 0.05) is 10.2 Å². The molecule has 3 aromatic rings. The summed E-state index contributed by atoms with van der Waals surface area (Å²) in [5.41, 5.74) is 5.49. The number of hydrogen-bond donors (Lipinski definition) is 3. The fraction of sp³-hybridized carbons (Fsp3) is 0.111. The van der Waals surface area contributed by atoms with Crippen LogP contribution in [0.2, 0.25) is 0 Å². The number of H-pyrrole nitrogens is 1. The van der Waals surface area contributed by atoms with Crippen molar-refractivity contribution < 1.29 is 14.0 Å². The number of aromatic amines is 1. The molecule has 30 heavy (non-hydrogen) atoms. The summed E-state index contributed by atoms with van der Waals surface area (Å²) >= 11 is 4.28. The molecule has 0 aliphatic heterocycles. The van der Waals surface area contributed by atoms with Gasteiger partial charge in [0.25, 0.3) is 0 Å². The maximum Gasteiger partial charge on any atom is 0.435 e. The zero-order valence-corrected chi connectivity index (χ0v) is 17.8. The number of nitrogens with two attached hydrogens (primary N) is 1. The number of aryl methyl sites for hydroxylation is 1. The van der Waals surface area contributed by atoms with Crippen LogP contribution in [0.15, 0.2) is 43.1 Å². The fourth-order valence-electron chi connectivity index (χ4n) is 2.61. The highest BCUT2D eigenvalue weighted by molar-refractivity contribution is 9.10. The van der Waals surface area contributed by atoms with Gasteiger partial charge in [0.1, 0.15) is 34.1 Å². The second kappa shape index (κ2) is 8.82. The van der Waals surface area contributed by atoms with Crippen molar-refractivity contribution in [2.75, 3.05) is 16.8 Å². The molecule has 4 N–H and O–H groups in total. The number of amides is 1. The quantitative estimate of drug-likeness (QED) is 0.361. The summed E-state index contributed by atoms with van der Waals surface area (Å²) in [6.45, 7) is 0. The fourth-order valence-corrected chi connectivity index (χ4v) is 3.67. The van der Waals surface area contributed by atoms with E-state index in [2.05, 4.69) is 31.5 Å². The molecule has 0 fully saturated rings. The van der Waals surface area contributed by atoms with Crippen LogP contribution in [0.3, 0.4) is 0 Å². The number of carbonyl (C=O) groups excluding carboxylic acids is 1. The third kappa shape index (κ3) is 4.20. The zero-order valence-electron chi connectivity index (χ0n) is 15.4. The van der Waals surface area contributed by atoms with Crippen LogP contribution in [0.5, 0.6) is 0 Å². The third-order valence-electron chi connectivity index (χ3n) is 3.92. The lowest BCUT2D eigenvalue weighted by atomic mass is 10.0. The monoisotopic (exact) mass is 486 g/mol. The lowest BCUT2D eigenvalue weighted by Crippen LogP contribution is -2.34. The number of nitriles is 2. The summed E-state index contributed by atoms with van der Waals surface area (Å²) in [5, 5.41) is 24.4. The highest BCUT2D eigenvalue weighted by Crippen LogP contribution is 2.33. The van der Waals surface area contributed by atoms with Crippen LogP contribution in [-0.4, -0.2) is 21.9 Å². The smallest absolute Gasteiger partial charge is 0.383 e. The number of benzene rings is 1. The SMILES string of the molecule is C[n+]1[nH]oc(=O)c1-c1c(C#N)c(N)nc(SCC(=O)Nc2ccc(Br)cc2)c1C#N. The Kier molecular flexibility index (Phi) is 6.20. The Hall–Kier alpha value is -3.61. The molecular formula is C18H13BrN7O3S+. The van der Waals surface area contributed by atoms with Gasteiger partial charge >= 0.3 is 11.3 Å². The van der Waals surface area contributed by atoms with Crippen molar-refractivity contribution in [3.05, 3.63) is 50.3 Å². The average Bonchev–Trinajstić information content (AvgIpc) is 3.05. The molecule has 0 bridgehead atoms. The van der Waals surface area contributed by atoms with Crippen LogP contribution in [0.25, 0.3) is 11.3 Å². The number of thioether (sulfide) groups is 1. The standard InChI is InChI=1S/C18H12BrN7O3S/c1-26-15(18(28)29-25-26)14-11(6-20)16(22)24-17(12(14)7-21)30-8-13(27)23-10-4-2-9(19)3-5-10/h2-5H,8H2,1H3,(H3-,22,23,24,25,27,28)/p+1. The van der Waals surface area contributed by atoms with E-state index in [0.29, 0.717) is 5.69 Å². The van der Waals surface area contributed by atoms with E-state index in [4.69, 9.17) is 10.3 Å². The van der Waals surface area contributed by atoms with Gasteiger partial charge in [0.2, 0.25) is 5.91 Å². The summed E-state index contributed by atoms with van der Waals surface area (Å²) in [7, 11) is 1.48. The van der Waals surface area contributed by atoms with Gasteiger partial charge in [-0.25, -0.2) is 9.78 Å². The molecule has 0 radical (unpaired) electrons.